The number of nitrogens with zero attached hydrogens (tertiary/aromatic N) is 1. The van der Waals surface area contributed by atoms with Gasteiger partial charge in [0.15, 0.2) is 5.13 Å². The minimum atomic E-state index is -0.311. The summed E-state index contributed by atoms with van der Waals surface area (Å²) < 4.78 is 13.8. The van der Waals surface area contributed by atoms with Crippen LogP contribution >= 0.6 is 27.3 Å². The molecule has 1 aromatic heterocycles. The van der Waals surface area contributed by atoms with Crippen molar-refractivity contribution < 1.29 is 9.18 Å². The Labute approximate surface area is 127 Å². The van der Waals surface area contributed by atoms with Crippen molar-refractivity contribution in [2.45, 2.75) is 12.3 Å². The fraction of sp³-hybridized carbons (Fsp3) is 0.231. The number of benzene rings is 1. The van der Waals surface area contributed by atoms with Crippen molar-refractivity contribution in [3.63, 3.8) is 0 Å². The van der Waals surface area contributed by atoms with E-state index in [9.17, 15) is 9.18 Å². The number of anilines is 2. The van der Waals surface area contributed by atoms with Crippen molar-refractivity contribution in [1.82, 2.24) is 4.98 Å². The van der Waals surface area contributed by atoms with Crippen LogP contribution in [0.2, 0.25) is 0 Å². The maximum atomic E-state index is 13.4. The Balaban J connectivity index is 2.07. The molecule has 0 fully saturated rings. The predicted molar refractivity (Wildman–Crippen MR) is 80.9 cm³/mol. The highest BCUT2D eigenvalue weighted by molar-refractivity contribution is 9.10. The minimum Gasteiger partial charge on any atom is -0.365 e. The zero-order valence-electron chi connectivity index (χ0n) is 10.5. The molecule has 1 amide bonds. The number of fused-ring (bicyclic) bond motifs is 1. The molecule has 0 unspecified atom stereocenters. The molecule has 1 aliphatic rings. The summed E-state index contributed by atoms with van der Waals surface area (Å²) in [5.74, 6) is 0.127. The second kappa shape index (κ2) is 5.14. The second-order valence-electron chi connectivity index (χ2n) is 4.46. The van der Waals surface area contributed by atoms with Crippen LogP contribution in [0.15, 0.2) is 22.7 Å². The fourth-order valence-corrected chi connectivity index (χ4v) is 3.62. The lowest BCUT2D eigenvalue weighted by atomic mass is 9.91. The first-order chi connectivity index (χ1) is 9.58. The Hall–Kier alpha value is -1.47. The van der Waals surface area contributed by atoms with Gasteiger partial charge in [0.2, 0.25) is 5.91 Å². The van der Waals surface area contributed by atoms with Crippen LogP contribution in [0.5, 0.6) is 0 Å². The van der Waals surface area contributed by atoms with E-state index in [1.54, 1.807) is 19.2 Å². The molecule has 0 radical (unpaired) electrons. The monoisotopic (exact) mass is 355 g/mol. The summed E-state index contributed by atoms with van der Waals surface area (Å²) in [6.45, 7) is 0. The average Bonchev–Trinajstić information content (AvgIpc) is 2.83. The van der Waals surface area contributed by atoms with Crippen molar-refractivity contribution >= 4 is 44.1 Å². The molecule has 0 bridgehead atoms. The quantitative estimate of drug-likeness (QED) is 0.865. The summed E-state index contributed by atoms with van der Waals surface area (Å²) in [5.41, 5.74) is 0.903. The molecule has 1 atom stereocenters. The van der Waals surface area contributed by atoms with E-state index in [0.29, 0.717) is 16.7 Å². The lowest BCUT2D eigenvalue weighted by Crippen LogP contribution is -2.22. The molecule has 4 nitrogen and oxygen atoms in total. The molecule has 20 heavy (non-hydrogen) atoms. The SMILES string of the molecule is CNc1nc2c(s1)[C@@H](c1ccc(F)c(Br)c1)CC(=O)N2. The third-order valence-electron chi connectivity index (χ3n) is 3.18. The highest BCUT2D eigenvalue weighted by Gasteiger charge is 2.30. The van der Waals surface area contributed by atoms with E-state index >= 15 is 0 Å². The summed E-state index contributed by atoms with van der Waals surface area (Å²) in [6.07, 6.45) is 0.344. The van der Waals surface area contributed by atoms with E-state index in [1.807, 2.05) is 0 Å². The molecule has 2 aromatic rings. The Kier molecular flexibility index (Phi) is 3.47. The third-order valence-corrected chi connectivity index (χ3v) is 4.97. The highest BCUT2D eigenvalue weighted by atomic mass is 79.9. The van der Waals surface area contributed by atoms with E-state index < -0.39 is 0 Å². The minimum absolute atomic E-state index is 0.0732. The Bertz CT molecular complexity index is 688. The number of aromatic nitrogens is 1. The van der Waals surface area contributed by atoms with Gasteiger partial charge in [0.1, 0.15) is 11.6 Å². The third kappa shape index (κ3) is 2.31. The summed E-state index contributed by atoms with van der Waals surface area (Å²) >= 11 is 4.69. The number of rotatable bonds is 2. The lowest BCUT2D eigenvalue weighted by Gasteiger charge is -2.21. The Morgan fingerprint density at radius 3 is 3.05 bits per heavy atom. The van der Waals surface area contributed by atoms with Gasteiger partial charge >= 0.3 is 0 Å². The van der Waals surface area contributed by atoms with Crippen LogP contribution in [0, 0.1) is 5.82 Å². The van der Waals surface area contributed by atoms with Crippen LogP contribution in [-0.4, -0.2) is 17.9 Å². The Morgan fingerprint density at radius 1 is 1.55 bits per heavy atom. The van der Waals surface area contributed by atoms with Gasteiger partial charge in [-0.3, -0.25) is 4.79 Å². The van der Waals surface area contributed by atoms with Crippen LogP contribution < -0.4 is 10.6 Å². The largest absolute Gasteiger partial charge is 0.365 e. The number of nitrogens with one attached hydrogen (secondary N) is 2. The van der Waals surface area contributed by atoms with Gasteiger partial charge in [0, 0.05) is 19.4 Å². The maximum Gasteiger partial charge on any atom is 0.226 e. The number of carbonyl (C=O) groups excluding carboxylic acids is 1. The number of hydrogen-bond donors (Lipinski definition) is 2. The van der Waals surface area contributed by atoms with E-state index in [4.69, 9.17) is 0 Å². The molecule has 0 saturated heterocycles. The van der Waals surface area contributed by atoms with Gasteiger partial charge < -0.3 is 10.6 Å². The van der Waals surface area contributed by atoms with Crippen LogP contribution in [0.3, 0.4) is 0 Å². The first-order valence-corrected chi connectivity index (χ1v) is 7.62. The standard InChI is InChI=1S/C13H11BrFN3OS/c1-16-13-18-12-11(20-13)7(5-10(19)17-12)6-2-3-9(15)8(14)4-6/h2-4,7H,5H2,1H3,(H,16,18)(H,17,19)/t7-/m1/s1. The van der Waals surface area contributed by atoms with Crippen LogP contribution in [-0.2, 0) is 4.79 Å². The Morgan fingerprint density at radius 2 is 2.35 bits per heavy atom. The van der Waals surface area contributed by atoms with Gasteiger partial charge in [-0.05, 0) is 33.6 Å². The average molecular weight is 356 g/mol. The summed E-state index contributed by atoms with van der Waals surface area (Å²) in [4.78, 5) is 17.1. The summed E-state index contributed by atoms with van der Waals surface area (Å²) in [5, 5.41) is 6.51. The smallest absolute Gasteiger partial charge is 0.226 e. The summed E-state index contributed by atoms with van der Waals surface area (Å²) in [7, 11) is 1.79. The van der Waals surface area contributed by atoms with Gasteiger partial charge in [-0.1, -0.05) is 17.4 Å². The van der Waals surface area contributed by atoms with Crippen LogP contribution in [0.4, 0.5) is 15.3 Å². The topological polar surface area (TPSA) is 54.0 Å². The highest BCUT2D eigenvalue weighted by Crippen LogP contribution is 2.42. The normalized spacial score (nSPS) is 17.6. The van der Waals surface area contributed by atoms with E-state index in [2.05, 4.69) is 31.5 Å². The van der Waals surface area contributed by atoms with Crippen molar-refractivity contribution in [1.29, 1.82) is 0 Å². The van der Waals surface area contributed by atoms with Gasteiger partial charge in [0.05, 0.1) is 9.35 Å². The molecule has 3 rings (SSSR count). The van der Waals surface area contributed by atoms with Crippen molar-refractivity contribution in [2.75, 3.05) is 17.7 Å². The maximum absolute atomic E-state index is 13.4. The molecular weight excluding hydrogens is 345 g/mol. The molecule has 104 valence electrons. The molecule has 1 aliphatic heterocycles. The number of carbonyl (C=O) groups is 1. The van der Waals surface area contributed by atoms with Gasteiger partial charge in [-0.25, -0.2) is 9.37 Å². The van der Waals surface area contributed by atoms with Crippen molar-refractivity contribution in [2.24, 2.45) is 0 Å². The van der Waals surface area contributed by atoms with E-state index in [0.717, 1.165) is 15.6 Å². The van der Waals surface area contributed by atoms with E-state index in [1.165, 1.54) is 17.4 Å². The van der Waals surface area contributed by atoms with Gasteiger partial charge in [-0.15, -0.1) is 0 Å². The molecule has 0 saturated carbocycles. The molecular formula is C13H11BrFN3OS. The first-order valence-electron chi connectivity index (χ1n) is 6.01. The molecule has 1 aromatic carbocycles. The van der Waals surface area contributed by atoms with Crippen molar-refractivity contribution in [3.8, 4) is 0 Å². The number of halogens is 2. The predicted octanol–water partition coefficient (Wildman–Crippen LogP) is 3.56. The van der Waals surface area contributed by atoms with Crippen LogP contribution in [0.25, 0.3) is 0 Å². The zero-order valence-corrected chi connectivity index (χ0v) is 12.9. The molecule has 0 aliphatic carbocycles. The molecule has 2 N–H and O–H groups in total. The fourth-order valence-electron chi connectivity index (χ4n) is 2.22. The van der Waals surface area contributed by atoms with Gasteiger partial charge in [-0.2, -0.15) is 0 Å². The summed E-state index contributed by atoms with van der Waals surface area (Å²) in [6, 6.07) is 4.85. The first kappa shape index (κ1) is 13.5. The van der Waals surface area contributed by atoms with Crippen LogP contribution in [0.1, 0.15) is 22.8 Å². The molecule has 7 heteroatoms. The molecule has 0 spiro atoms. The number of hydrogen-bond acceptors (Lipinski definition) is 4. The van der Waals surface area contributed by atoms with Gasteiger partial charge in [0.25, 0.3) is 0 Å². The zero-order chi connectivity index (χ0) is 14.3. The molecule has 2 heterocycles. The number of thiazole rings is 1. The van der Waals surface area contributed by atoms with E-state index in [-0.39, 0.29) is 17.6 Å². The second-order valence-corrected chi connectivity index (χ2v) is 6.35. The number of amides is 1. The lowest BCUT2D eigenvalue weighted by molar-refractivity contribution is -0.116. The van der Waals surface area contributed by atoms with Crippen molar-refractivity contribution in [3.05, 3.63) is 38.9 Å².